The van der Waals surface area contributed by atoms with Gasteiger partial charge in [0, 0.05) is 20.6 Å². The molecule has 0 saturated carbocycles. The molecule has 5 heteroatoms. The largest absolute Gasteiger partial charge is 0.398 e. The average Bonchev–Trinajstić information content (AvgIpc) is 2.76. The van der Waals surface area contributed by atoms with E-state index in [4.69, 9.17) is 5.73 Å². The minimum Gasteiger partial charge on any atom is -0.398 e. The fraction of sp³-hybridized carbons (Fsp3) is 0.214. The van der Waals surface area contributed by atoms with Crippen LogP contribution in [0, 0.1) is 13.8 Å². The molecule has 0 fully saturated rings. The molecule has 0 saturated heterocycles. The number of thiophene rings is 1. The van der Waals surface area contributed by atoms with E-state index < -0.39 is 0 Å². The molecule has 0 aliphatic carbocycles. The maximum atomic E-state index is 12.2. The summed E-state index contributed by atoms with van der Waals surface area (Å²) in [6, 6.07) is 5.65. The highest BCUT2D eigenvalue weighted by molar-refractivity contribution is 9.10. The lowest BCUT2D eigenvalue weighted by Crippen LogP contribution is -2.23. The summed E-state index contributed by atoms with van der Waals surface area (Å²) >= 11 is 5.01. The molecule has 1 aromatic heterocycles. The second-order valence-corrected chi connectivity index (χ2v) is 6.29. The molecule has 1 heterocycles. The molecule has 0 radical (unpaired) electrons. The van der Waals surface area contributed by atoms with E-state index in [1.807, 2.05) is 19.2 Å². The molecular weight excluding hydrogens is 324 g/mol. The van der Waals surface area contributed by atoms with E-state index in [9.17, 15) is 4.79 Å². The number of amides is 1. The quantitative estimate of drug-likeness (QED) is 0.839. The van der Waals surface area contributed by atoms with Crippen molar-refractivity contribution in [3.05, 3.63) is 49.6 Å². The van der Waals surface area contributed by atoms with Crippen LogP contribution in [-0.4, -0.2) is 5.91 Å². The monoisotopic (exact) mass is 338 g/mol. The molecule has 2 aromatic rings. The summed E-state index contributed by atoms with van der Waals surface area (Å²) in [5, 5.41) is 4.96. The Morgan fingerprint density at radius 1 is 1.42 bits per heavy atom. The van der Waals surface area contributed by atoms with Gasteiger partial charge in [0.1, 0.15) is 0 Å². The molecule has 100 valence electrons. The molecule has 0 atom stereocenters. The molecule has 3 N–H and O–H groups in total. The van der Waals surface area contributed by atoms with Gasteiger partial charge in [0.15, 0.2) is 0 Å². The van der Waals surface area contributed by atoms with E-state index in [0.717, 1.165) is 10.0 Å². The molecule has 1 amide bonds. The maximum Gasteiger partial charge on any atom is 0.251 e. The number of hydrogen-bond donors (Lipinski definition) is 2. The molecule has 1 aromatic carbocycles. The third kappa shape index (κ3) is 3.16. The molecule has 0 unspecified atom stereocenters. The highest BCUT2D eigenvalue weighted by atomic mass is 79.9. The van der Waals surface area contributed by atoms with Crippen LogP contribution in [0.5, 0.6) is 0 Å². The van der Waals surface area contributed by atoms with Crippen LogP contribution >= 0.6 is 27.3 Å². The summed E-state index contributed by atoms with van der Waals surface area (Å²) in [6.45, 7) is 4.45. The van der Waals surface area contributed by atoms with Crippen molar-refractivity contribution < 1.29 is 4.79 Å². The Bertz CT molecular complexity index is 622. The smallest absolute Gasteiger partial charge is 0.251 e. The van der Waals surface area contributed by atoms with Crippen molar-refractivity contribution in [2.45, 2.75) is 20.4 Å². The number of hydrogen-bond acceptors (Lipinski definition) is 3. The number of carbonyl (C=O) groups is 1. The zero-order valence-corrected chi connectivity index (χ0v) is 13.2. The van der Waals surface area contributed by atoms with Gasteiger partial charge in [-0.25, -0.2) is 0 Å². The summed E-state index contributed by atoms with van der Waals surface area (Å²) in [5.41, 5.74) is 9.11. The Kier molecular flexibility index (Phi) is 4.27. The van der Waals surface area contributed by atoms with Crippen LogP contribution in [0.3, 0.4) is 0 Å². The van der Waals surface area contributed by atoms with Crippen molar-refractivity contribution in [1.29, 1.82) is 0 Å². The van der Waals surface area contributed by atoms with Gasteiger partial charge in [0.05, 0.1) is 6.54 Å². The van der Waals surface area contributed by atoms with Crippen LogP contribution in [0.4, 0.5) is 5.69 Å². The summed E-state index contributed by atoms with van der Waals surface area (Å²) in [6.07, 6.45) is 0. The Morgan fingerprint density at radius 2 is 2.16 bits per heavy atom. The minimum absolute atomic E-state index is 0.0988. The van der Waals surface area contributed by atoms with Gasteiger partial charge in [-0.3, -0.25) is 4.79 Å². The first kappa shape index (κ1) is 14.1. The van der Waals surface area contributed by atoms with Crippen molar-refractivity contribution in [3.8, 4) is 0 Å². The van der Waals surface area contributed by atoms with Gasteiger partial charge < -0.3 is 11.1 Å². The SMILES string of the molecule is Cc1ccsc1CNC(=O)c1cc(Br)cc(N)c1C. The van der Waals surface area contributed by atoms with Crippen LogP contribution in [-0.2, 0) is 6.54 Å². The van der Waals surface area contributed by atoms with Crippen LogP contribution in [0.15, 0.2) is 28.1 Å². The van der Waals surface area contributed by atoms with Gasteiger partial charge in [-0.1, -0.05) is 15.9 Å². The Hall–Kier alpha value is -1.33. The number of anilines is 1. The number of halogens is 1. The van der Waals surface area contributed by atoms with E-state index >= 15 is 0 Å². The van der Waals surface area contributed by atoms with Gasteiger partial charge in [0.25, 0.3) is 5.91 Å². The van der Waals surface area contributed by atoms with Crippen molar-refractivity contribution in [2.75, 3.05) is 5.73 Å². The second-order valence-electron chi connectivity index (χ2n) is 4.38. The standard InChI is InChI=1S/C14H15BrN2OS/c1-8-3-4-19-13(8)7-17-14(18)11-5-10(15)6-12(16)9(11)2/h3-6H,7,16H2,1-2H3,(H,17,18). The van der Waals surface area contributed by atoms with E-state index in [2.05, 4.69) is 27.3 Å². The van der Waals surface area contributed by atoms with Gasteiger partial charge in [-0.05, 0) is 48.6 Å². The van der Waals surface area contributed by atoms with Crippen LogP contribution in [0.2, 0.25) is 0 Å². The molecule has 2 rings (SSSR count). The number of aryl methyl sites for hydroxylation is 1. The van der Waals surface area contributed by atoms with Gasteiger partial charge in [0.2, 0.25) is 0 Å². The van der Waals surface area contributed by atoms with E-state index in [-0.39, 0.29) is 5.91 Å². The molecule has 0 spiro atoms. The molecule has 3 nitrogen and oxygen atoms in total. The molecular formula is C14H15BrN2OS. The van der Waals surface area contributed by atoms with E-state index in [1.165, 1.54) is 10.4 Å². The van der Waals surface area contributed by atoms with E-state index in [1.54, 1.807) is 23.5 Å². The molecule has 0 bridgehead atoms. The van der Waals surface area contributed by atoms with Crippen LogP contribution in [0.1, 0.15) is 26.4 Å². The number of nitrogens with one attached hydrogen (secondary N) is 1. The van der Waals surface area contributed by atoms with Crippen molar-refractivity contribution >= 4 is 38.9 Å². The molecule has 0 aliphatic heterocycles. The van der Waals surface area contributed by atoms with Crippen molar-refractivity contribution in [3.63, 3.8) is 0 Å². The summed E-state index contributed by atoms with van der Waals surface area (Å²) in [4.78, 5) is 13.4. The number of nitrogen functional groups attached to an aromatic ring is 1. The zero-order valence-electron chi connectivity index (χ0n) is 10.8. The van der Waals surface area contributed by atoms with Crippen molar-refractivity contribution in [1.82, 2.24) is 5.32 Å². The number of rotatable bonds is 3. The maximum absolute atomic E-state index is 12.2. The number of carbonyl (C=O) groups excluding carboxylic acids is 1. The van der Waals surface area contributed by atoms with Crippen molar-refractivity contribution in [2.24, 2.45) is 0 Å². The fourth-order valence-corrected chi connectivity index (χ4v) is 3.10. The third-order valence-corrected chi connectivity index (χ3v) is 4.52. The first-order valence-corrected chi connectivity index (χ1v) is 7.53. The fourth-order valence-electron chi connectivity index (χ4n) is 1.78. The molecule has 0 aliphatic rings. The lowest BCUT2D eigenvalue weighted by molar-refractivity contribution is 0.0950. The Labute approximate surface area is 125 Å². The highest BCUT2D eigenvalue weighted by Crippen LogP contribution is 2.23. The topological polar surface area (TPSA) is 55.1 Å². The first-order chi connectivity index (χ1) is 8.99. The van der Waals surface area contributed by atoms with Crippen LogP contribution < -0.4 is 11.1 Å². The lowest BCUT2D eigenvalue weighted by atomic mass is 10.1. The lowest BCUT2D eigenvalue weighted by Gasteiger charge is -2.10. The minimum atomic E-state index is -0.0988. The van der Waals surface area contributed by atoms with Gasteiger partial charge in [-0.2, -0.15) is 0 Å². The van der Waals surface area contributed by atoms with Crippen LogP contribution in [0.25, 0.3) is 0 Å². The summed E-state index contributed by atoms with van der Waals surface area (Å²) in [5.74, 6) is -0.0988. The number of nitrogens with two attached hydrogens (primary N) is 1. The predicted molar refractivity (Wildman–Crippen MR) is 83.5 cm³/mol. The second kappa shape index (κ2) is 5.75. The normalized spacial score (nSPS) is 10.5. The predicted octanol–water partition coefficient (Wildman–Crippen LogP) is 3.64. The summed E-state index contributed by atoms with van der Waals surface area (Å²) in [7, 11) is 0. The summed E-state index contributed by atoms with van der Waals surface area (Å²) < 4.78 is 0.813. The zero-order chi connectivity index (χ0) is 14.0. The van der Waals surface area contributed by atoms with E-state index in [0.29, 0.717) is 17.8 Å². The van der Waals surface area contributed by atoms with Gasteiger partial charge in [-0.15, -0.1) is 11.3 Å². The first-order valence-electron chi connectivity index (χ1n) is 5.86. The number of benzene rings is 1. The average molecular weight is 339 g/mol. The Morgan fingerprint density at radius 3 is 2.79 bits per heavy atom. The van der Waals surface area contributed by atoms with Gasteiger partial charge >= 0.3 is 0 Å². The molecule has 19 heavy (non-hydrogen) atoms. The third-order valence-electron chi connectivity index (χ3n) is 3.03. The highest BCUT2D eigenvalue weighted by Gasteiger charge is 2.12. The Balaban J connectivity index is 2.15.